The molecule has 0 spiro atoms. The van der Waals surface area contributed by atoms with Crippen LogP contribution in [0.15, 0.2) is 184 Å². The van der Waals surface area contributed by atoms with E-state index >= 15 is 0 Å². The number of amidine groups is 2. The molecule has 5 nitrogen and oxygen atoms in total. The van der Waals surface area contributed by atoms with Crippen molar-refractivity contribution in [1.29, 1.82) is 0 Å². The Bertz CT molecular complexity index is 2840. The summed E-state index contributed by atoms with van der Waals surface area (Å²) in [6, 6.07) is 58.7. The van der Waals surface area contributed by atoms with Crippen LogP contribution in [0.2, 0.25) is 0 Å². The Morgan fingerprint density at radius 2 is 1.20 bits per heavy atom. The maximum absolute atomic E-state index is 6.83. The fourth-order valence-corrected chi connectivity index (χ4v) is 7.23. The third kappa shape index (κ3) is 5.06. The van der Waals surface area contributed by atoms with E-state index in [1.54, 1.807) is 0 Å². The van der Waals surface area contributed by atoms with Gasteiger partial charge in [-0.3, -0.25) is 0 Å². The molecule has 1 unspecified atom stereocenters. The monoisotopic (exact) mass is 654 g/mol. The second-order valence-corrected chi connectivity index (χ2v) is 12.8. The van der Waals surface area contributed by atoms with E-state index in [0.29, 0.717) is 5.84 Å². The van der Waals surface area contributed by atoms with Gasteiger partial charge in [-0.25, -0.2) is 15.0 Å². The lowest BCUT2D eigenvalue weighted by atomic mass is 9.92. The number of hydrogen-bond donors (Lipinski definition) is 1. The summed E-state index contributed by atoms with van der Waals surface area (Å²) < 4.78 is 6.83. The van der Waals surface area contributed by atoms with Crippen molar-refractivity contribution in [2.24, 2.45) is 9.98 Å². The summed E-state index contributed by atoms with van der Waals surface area (Å²) in [4.78, 5) is 15.5. The number of para-hydroxylation sites is 1. The van der Waals surface area contributed by atoms with Crippen molar-refractivity contribution in [2.75, 3.05) is 0 Å². The summed E-state index contributed by atoms with van der Waals surface area (Å²) in [7, 11) is 0. The van der Waals surface area contributed by atoms with E-state index in [0.717, 1.165) is 77.8 Å². The SMILES string of the molecule is c1ccc(C2=NC(c3ccccc3)NC(c3ccccc3-c3ccc(-c4ccc5ccccc5c4)c4oc5cc6ccccc6nc5c34)=N2)cc1. The standard InChI is InChI=1S/C46H30N4O/c1-3-14-30(15-4-1)44-48-45(31-16-5-2-6-17-31)50-46(49-44)38-21-11-10-20-36(38)37-26-25-35(33-24-23-29-13-7-8-18-32(29)27-33)43-41(37)42-40(51-43)28-34-19-9-12-22-39(34)47-42/h1-28,44H,(H,48,49,50). The number of rotatable bonds is 5. The quantitative estimate of drug-likeness (QED) is 0.201. The zero-order valence-electron chi connectivity index (χ0n) is 27.5. The lowest BCUT2D eigenvalue weighted by molar-refractivity contribution is 0.670. The van der Waals surface area contributed by atoms with Crippen molar-refractivity contribution in [3.63, 3.8) is 0 Å². The number of fused-ring (bicyclic) bond motifs is 5. The minimum atomic E-state index is -0.306. The molecule has 240 valence electrons. The molecule has 9 aromatic rings. The van der Waals surface area contributed by atoms with Crippen molar-refractivity contribution in [1.82, 2.24) is 10.3 Å². The van der Waals surface area contributed by atoms with Crippen LogP contribution in [0.4, 0.5) is 0 Å². The summed E-state index contributed by atoms with van der Waals surface area (Å²) in [6.07, 6.45) is -0.306. The lowest BCUT2D eigenvalue weighted by Gasteiger charge is -2.25. The Morgan fingerprint density at radius 3 is 2.04 bits per heavy atom. The Kier molecular flexibility index (Phi) is 6.81. The van der Waals surface area contributed by atoms with E-state index in [2.05, 4.69) is 127 Å². The molecule has 0 saturated heterocycles. The minimum Gasteiger partial charge on any atom is -0.454 e. The number of benzene rings is 7. The zero-order chi connectivity index (χ0) is 33.7. The van der Waals surface area contributed by atoms with E-state index in [4.69, 9.17) is 19.4 Å². The van der Waals surface area contributed by atoms with E-state index in [1.165, 1.54) is 10.8 Å². The number of aliphatic imine (C=N–C) groups is 2. The normalized spacial score (nSPS) is 14.5. The van der Waals surface area contributed by atoms with Crippen LogP contribution in [0.3, 0.4) is 0 Å². The topological polar surface area (TPSA) is 62.8 Å². The first-order chi connectivity index (χ1) is 25.3. The van der Waals surface area contributed by atoms with Gasteiger partial charge in [-0.05, 0) is 57.3 Å². The highest BCUT2D eigenvalue weighted by molar-refractivity contribution is 6.20. The number of furan rings is 1. The van der Waals surface area contributed by atoms with Gasteiger partial charge in [0.2, 0.25) is 0 Å². The van der Waals surface area contributed by atoms with E-state index in [9.17, 15) is 0 Å². The van der Waals surface area contributed by atoms with E-state index in [-0.39, 0.29) is 6.17 Å². The average Bonchev–Trinajstić information content (AvgIpc) is 3.58. The van der Waals surface area contributed by atoms with Gasteiger partial charge in [-0.2, -0.15) is 0 Å². The first kappa shape index (κ1) is 29.1. The second kappa shape index (κ2) is 11.9. The van der Waals surface area contributed by atoms with E-state index < -0.39 is 0 Å². The fraction of sp³-hybridized carbons (Fsp3) is 0.0217. The predicted molar refractivity (Wildman–Crippen MR) is 209 cm³/mol. The largest absolute Gasteiger partial charge is 0.454 e. The van der Waals surface area contributed by atoms with Crippen molar-refractivity contribution in [3.8, 4) is 22.3 Å². The molecule has 10 rings (SSSR count). The number of hydrogen-bond acceptors (Lipinski definition) is 5. The summed E-state index contributed by atoms with van der Waals surface area (Å²) >= 11 is 0. The molecule has 0 bridgehead atoms. The highest BCUT2D eigenvalue weighted by Gasteiger charge is 2.25. The number of nitrogens with zero attached hydrogens (tertiary/aromatic N) is 3. The molecule has 5 heteroatoms. The van der Waals surface area contributed by atoms with Crippen LogP contribution in [0, 0.1) is 0 Å². The molecular formula is C46H30N4O. The van der Waals surface area contributed by atoms with Crippen molar-refractivity contribution >= 4 is 55.4 Å². The van der Waals surface area contributed by atoms with E-state index in [1.807, 2.05) is 48.5 Å². The molecule has 0 saturated carbocycles. The first-order valence-electron chi connectivity index (χ1n) is 17.1. The highest BCUT2D eigenvalue weighted by atomic mass is 16.3. The van der Waals surface area contributed by atoms with Crippen LogP contribution in [0.1, 0.15) is 22.9 Å². The molecule has 0 aliphatic carbocycles. The van der Waals surface area contributed by atoms with Crippen LogP contribution in [-0.2, 0) is 0 Å². The zero-order valence-corrected chi connectivity index (χ0v) is 27.5. The maximum Gasteiger partial charge on any atom is 0.159 e. The lowest BCUT2D eigenvalue weighted by Crippen LogP contribution is -2.33. The second-order valence-electron chi connectivity index (χ2n) is 12.8. The molecular weight excluding hydrogens is 625 g/mol. The van der Waals surface area contributed by atoms with Crippen LogP contribution in [0.5, 0.6) is 0 Å². The van der Waals surface area contributed by atoms with Crippen LogP contribution < -0.4 is 5.32 Å². The van der Waals surface area contributed by atoms with Crippen LogP contribution in [0.25, 0.3) is 66.0 Å². The highest BCUT2D eigenvalue weighted by Crippen LogP contribution is 2.43. The number of pyridine rings is 1. The predicted octanol–water partition coefficient (Wildman–Crippen LogP) is 11.1. The van der Waals surface area contributed by atoms with Gasteiger partial charge in [0, 0.05) is 22.1 Å². The number of nitrogens with one attached hydrogen (secondary N) is 1. The molecule has 1 atom stereocenters. The fourth-order valence-electron chi connectivity index (χ4n) is 7.23. The van der Waals surface area contributed by atoms with Gasteiger partial charge in [-0.15, -0.1) is 0 Å². The molecule has 1 aliphatic rings. The molecule has 3 heterocycles. The Morgan fingerprint density at radius 1 is 0.510 bits per heavy atom. The molecule has 1 N–H and O–H groups in total. The number of aromatic nitrogens is 1. The third-order valence-electron chi connectivity index (χ3n) is 9.72. The van der Waals surface area contributed by atoms with Gasteiger partial charge in [0.15, 0.2) is 11.4 Å². The molecule has 0 radical (unpaired) electrons. The Hall–Kier alpha value is -6.85. The van der Waals surface area contributed by atoms with Gasteiger partial charge in [0.25, 0.3) is 0 Å². The van der Waals surface area contributed by atoms with Gasteiger partial charge >= 0.3 is 0 Å². The third-order valence-corrected chi connectivity index (χ3v) is 9.72. The summed E-state index contributed by atoms with van der Waals surface area (Å²) in [5.74, 6) is 1.44. The molecule has 1 aliphatic heterocycles. The molecule has 0 amide bonds. The Balaban J connectivity index is 1.21. The first-order valence-corrected chi connectivity index (χ1v) is 17.1. The van der Waals surface area contributed by atoms with Crippen molar-refractivity contribution in [2.45, 2.75) is 6.17 Å². The van der Waals surface area contributed by atoms with Crippen molar-refractivity contribution in [3.05, 3.63) is 187 Å². The summed E-state index contributed by atoms with van der Waals surface area (Å²) in [5.41, 5.74) is 10.5. The van der Waals surface area contributed by atoms with Crippen LogP contribution in [-0.4, -0.2) is 16.7 Å². The van der Waals surface area contributed by atoms with Crippen molar-refractivity contribution < 1.29 is 4.42 Å². The van der Waals surface area contributed by atoms with Gasteiger partial charge in [0.05, 0.1) is 10.9 Å². The molecule has 51 heavy (non-hydrogen) atoms. The average molecular weight is 655 g/mol. The molecule has 2 aromatic heterocycles. The summed E-state index contributed by atoms with van der Waals surface area (Å²) in [5, 5.41) is 8.08. The summed E-state index contributed by atoms with van der Waals surface area (Å²) in [6.45, 7) is 0. The van der Waals surface area contributed by atoms with Gasteiger partial charge < -0.3 is 9.73 Å². The van der Waals surface area contributed by atoms with Gasteiger partial charge in [0.1, 0.15) is 23.1 Å². The maximum atomic E-state index is 6.83. The Labute approximate surface area is 294 Å². The molecule has 0 fully saturated rings. The van der Waals surface area contributed by atoms with Gasteiger partial charge in [-0.1, -0.05) is 146 Å². The smallest absolute Gasteiger partial charge is 0.159 e. The van der Waals surface area contributed by atoms with Crippen LogP contribution >= 0.6 is 0 Å². The molecule has 7 aromatic carbocycles. The minimum absolute atomic E-state index is 0.306.